The minimum Gasteiger partial charge on any atom is -0.476 e. The van der Waals surface area contributed by atoms with E-state index in [1.807, 2.05) is 6.07 Å². The first-order valence-corrected chi connectivity index (χ1v) is 6.40. The Morgan fingerprint density at radius 2 is 2.22 bits per heavy atom. The molecule has 0 amide bonds. The van der Waals surface area contributed by atoms with Crippen molar-refractivity contribution in [2.24, 2.45) is 5.73 Å². The average Bonchev–Trinajstić information content (AvgIpc) is 2.95. The van der Waals surface area contributed by atoms with Gasteiger partial charge in [-0.05, 0) is 18.6 Å². The lowest BCUT2D eigenvalue weighted by Gasteiger charge is -2.02. The summed E-state index contributed by atoms with van der Waals surface area (Å²) >= 11 is 1.69. The number of thiophene rings is 1. The zero-order chi connectivity index (χ0) is 13.1. The number of carbonyl (C=O) groups is 1. The first-order valence-electron chi connectivity index (χ1n) is 5.59. The maximum atomic E-state index is 10.9. The molecule has 2 heterocycles. The third kappa shape index (κ3) is 2.41. The van der Waals surface area contributed by atoms with E-state index >= 15 is 0 Å². The molecule has 0 aliphatic carbocycles. The number of carboxylic acid groups (broad SMARTS) is 1. The van der Waals surface area contributed by atoms with E-state index < -0.39 is 5.97 Å². The highest BCUT2D eigenvalue weighted by molar-refractivity contribution is 7.11. The number of hydrogen-bond donors (Lipinski definition) is 2. The van der Waals surface area contributed by atoms with Crippen LogP contribution in [0, 0.1) is 0 Å². The van der Waals surface area contributed by atoms with Crippen molar-refractivity contribution >= 4 is 17.3 Å². The third-order valence-electron chi connectivity index (χ3n) is 2.60. The van der Waals surface area contributed by atoms with Crippen molar-refractivity contribution in [2.45, 2.75) is 26.4 Å². The van der Waals surface area contributed by atoms with Gasteiger partial charge in [0.25, 0.3) is 0 Å². The Morgan fingerprint density at radius 1 is 1.50 bits per heavy atom. The number of aryl methyl sites for hydroxylation is 1. The summed E-state index contributed by atoms with van der Waals surface area (Å²) in [5, 5.41) is 16.4. The highest BCUT2D eigenvalue weighted by atomic mass is 32.1. The maximum absolute atomic E-state index is 10.9. The molecule has 0 spiro atoms. The van der Waals surface area contributed by atoms with Crippen molar-refractivity contribution < 1.29 is 9.90 Å². The first-order chi connectivity index (χ1) is 8.65. The normalized spacial score (nSPS) is 10.8. The summed E-state index contributed by atoms with van der Waals surface area (Å²) in [6, 6.07) is 4.09. The second-order valence-corrected chi connectivity index (χ2v) is 5.03. The summed E-state index contributed by atoms with van der Waals surface area (Å²) in [6.45, 7) is 2.72. The SMILES string of the molecule is CCc1ccc(Cn2nnc(C(=O)O)c2CN)s1. The largest absolute Gasteiger partial charge is 0.476 e. The molecular formula is C11H14N4O2S. The lowest BCUT2D eigenvalue weighted by Crippen LogP contribution is -2.12. The van der Waals surface area contributed by atoms with Gasteiger partial charge < -0.3 is 10.8 Å². The Balaban J connectivity index is 2.26. The summed E-state index contributed by atoms with van der Waals surface area (Å²) in [5.74, 6) is -1.10. The fourth-order valence-corrected chi connectivity index (χ4v) is 2.61. The molecule has 0 bridgehead atoms. The van der Waals surface area contributed by atoms with Crippen LogP contribution >= 0.6 is 11.3 Å². The molecule has 6 nitrogen and oxygen atoms in total. The molecule has 18 heavy (non-hydrogen) atoms. The molecule has 96 valence electrons. The van der Waals surface area contributed by atoms with E-state index in [-0.39, 0.29) is 12.2 Å². The zero-order valence-electron chi connectivity index (χ0n) is 9.96. The van der Waals surface area contributed by atoms with Crippen molar-refractivity contribution in [3.05, 3.63) is 33.3 Å². The topological polar surface area (TPSA) is 94.0 Å². The highest BCUT2D eigenvalue weighted by Crippen LogP contribution is 2.18. The Labute approximate surface area is 108 Å². The Hall–Kier alpha value is -1.73. The monoisotopic (exact) mass is 266 g/mol. The number of rotatable bonds is 5. The number of nitrogens with zero attached hydrogens (tertiary/aromatic N) is 3. The average molecular weight is 266 g/mol. The number of carboxylic acids is 1. The molecule has 2 aromatic rings. The Morgan fingerprint density at radius 3 is 2.78 bits per heavy atom. The van der Waals surface area contributed by atoms with Gasteiger partial charge in [-0.25, -0.2) is 9.48 Å². The van der Waals surface area contributed by atoms with Crippen LogP contribution in [-0.2, 0) is 19.5 Å². The van der Waals surface area contributed by atoms with Crippen molar-refractivity contribution in [2.75, 3.05) is 0 Å². The van der Waals surface area contributed by atoms with Crippen molar-refractivity contribution in [1.29, 1.82) is 0 Å². The van der Waals surface area contributed by atoms with Gasteiger partial charge in [0.15, 0.2) is 5.69 Å². The first kappa shape index (κ1) is 12.7. The molecule has 2 aromatic heterocycles. The van der Waals surface area contributed by atoms with E-state index in [1.54, 1.807) is 16.0 Å². The Kier molecular flexibility index (Phi) is 3.73. The summed E-state index contributed by atoms with van der Waals surface area (Å²) in [6.07, 6.45) is 0.992. The standard InChI is InChI=1S/C11H14N4O2S/c1-2-7-3-4-8(18-7)6-15-9(5-12)10(11(16)17)13-14-15/h3-4H,2,5-6,12H2,1H3,(H,16,17). The van der Waals surface area contributed by atoms with Crippen LogP contribution in [0.15, 0.2) is 12.1 Å². The van der Waals surface area contributed by atoms with Gasteiger partial charge >= 0.3 is 5.97 Å². The summed E-state index contributed by atoms with van der Waals surface area (Å²) < 4.78 is 1.55. The van der Waals surface area contributed by atoms with Crippen molar-refractivity contribution in [3.63, 3.8) is 0 Å². The molecule has 7 heteroatoms. The summed E-state index contributed by atoms with van der Waals surface area (Å²) in [5.41, 5.74) is 5.95. The van der Waals surface area contributed by atoms with Crippen LogP contribution in [0.25, 0.3) is 0 Å². The van der Waals surface area contributed by atoms with E-state index in [0.717, 1.165) is 11.3 Å². The van der Waals surface area contributed by atoms with Gasteiger partial charge in [0, 0.05) is 16.3 Å². The smallest absolute Gasteiger partial charge is 0.358 e. The summed E-state index contributed by atoms with van der Waals surface area (Å²) in [4.78, 5) is 13.3. The van der Waals surface area contributed by atoms with Crippen LogP contribution in [0.3, 0.4) is 0 Å². The fraction of sp³-hybridized carbons (Fsp3) is 0.364. The molecule has 0 saturated heterocycles. The zero-order valence-corrected chi connectivity index (χ0v) is 10.8. The number of hydrogen-bond acceptors (Lipinski definition) is 5. The van der Waals surface area contributed by atoms with Crippen LogP contribution in [0.5, 0.6) is 0 Å². The van der Waals surface area contributed by atoms with Gasteiger partial charge in [0.05, 0.1) is 12.2 Å². The number of nitrogens with two attached hydrogens (primary N) is 1. The molecule has 3 N–H and O–H groups in total. The molecule has 0 aliphatic heterocycles. The van der Waals surface area contributed by atoms with E-state index in [0.29, 0.717) is 12.2 Å². The minimum atomic E-state index is -1.10. The Bertz CT molecular complexity index is 561. The molecule has 2 rings (SSSR count). The molecule has 0 radical (unpaired) electrons. The van der Waals surface area contributed by atoms with Gasteiger partial charge in [-0.2, -0.15) is 0 Å². The lowest BCUT2D eigenvalue weighted by atomic mass is 10.3. The highest BCUT2D eigenvalue weighted by Gasteiger charge is 2.17. The number of aromatic carboxylic acids is 1. The second-order valence-electron chi connectivity index (χ2n) is 3.77. The van der Waals surface area contributed by atoms with Crippen LogP contribution in [0.4, 0.5) is 0 Å². The molecule has 0 aromatic carbocycles. The molecule has 0 saturated carbocycles. The second kappa shape index (κ2) is 5.28. The van der Waals surface area contributed by atoms with Crippen molar-refractivity contribution in [3.8, 4) is 0 Å². The minimum absolute atomic E-state index is 0.0650. The van der Waals surface area contributed by atoms with Crippen molar-refractivity contribution in [1.82, 2.24) is 15.0 Å². The van der Waals surface area contributed by atoms with Gasteiger partial charge in [-0.15, -0.1) is 16.4 Å². The van der Waals surface area contributed by atoms with Crippen LogP contribution in [0.2, 0.25) is 0 Å². The van der Waals surface area contributed by atoms with Gasteiger partial charge in [-0.3, -0.25) is 0 Å². The van der Waals surface area contributed by atoms with Crippen LogP contribution in [-0.4, -0.2) is 26.1 Å². The van der Waals surface area contributed by atoms with E-state index in [9.17, 15) is 4.79 Å². The van der Waals surface area contributed by atoms with E-state index in [4.69, 9.17) is 10.8 Å². The van der Waals surface area contributed by atoms with Crippen LogP contribution in [0.1, 0.15) is 32.9 Å². The van der Waals surface area contributed by atoms with Gasteiger partial charge in [-0.1, -0.05) is 12.1 Å². The van der Waals surface area contributed by atoms with Crippen LogP contribution < -0.4 is 5.73 Å². The van der Waals surface area contributed by atoms with Gasteiger partial charge in [0.2, 0.25) is 0 Å². The number of aromatic nitrogens is 3. The molecule has 0 unspecified atom stereocenters. The molecule has 0 atom stereocenters. The molecule has 0 fully saturated rings. The molecular weight excluding hydrogens is 252 g/mol. The molecule has 0 aliphatic rings. The maximum Gasteiger partial charge on any atom is 0.358 e. The quantitative estimate of drug-likeness (QED) is 0.845. The fourth-order valence-electron chi connectivity index (χ4n) is 1.67. The van der Waals surface area contributed by atoms with E-state index in [1.165, 1.54) is 4.88 Å². The predicted molar refractivity (Wildman–Crippen MR) is 67.7 cm³/mol. The third-order valence-corrected chi connectivity index (χ3v) is 3.82. The lowest BCUT2D eigenvalue weighted by molar-refractivity contribution is 0.0689. The predicted octanol–water partition coefficient (Wildman–Crippen LogP) is 1.11. The van der Waals surface area contributed by atoms with E-state index in [2.05, 4.69) is 23.3 Å². The summed E-state index contributed by atoms with van der Waals surface area (Å²) in [7, 11) is 0. The van der Waals surface area contributed by atoms with Gasteiger partial charge in [0.1, 0.15) is 0 Å².